The van der Waals surface area contributed by atoms with Crippen molar-refractivity contribution in [2.75, 3.05) is 11.9 Å². The first kappa shape index (κ1) is 11.7. The highest BCUT2D eigenvalue weighted by molar-refractivity contribution is 5.33. The van der Waals surface area contributed by atoms with E-state index >= 15 is 0 Å². The van der Waals surface area contributed by atoms with Crippen molar-refractivity contribution in [3.8, 4) is 0 Å². The van der Waals surface area contributed by atoms with E-state index in [1.165, 1.54) is 12.3 Å². The average molecular weight is 223 g/mol. The van der Waals surface area contributed by atoms with Gasteiger partial charge in [0.15, 0.2) is 0 Å². The lowest BCUT2D eigenvalue weighted by Gasteiger charge is -2.15. The van der Waals surface area contributed by atoms with Crippen molar-refractivity contribution >= 4 is 5.82 Å². The first-order valence-corrected chi connectivity index (χ1v) is 4.11. The number of nitrogens with zero attached hydrogens (tertiary/aromatic N) is 2. The number of hydrogen-bond acceptors (Lipinski definition) is 3. The molecule has 1 N–H and O–H groups in total. The molecule has 15 heavy (non-hydrogen) atoms. The number of anilines is 1. The molecule has 0 saturated carbocycles. The van der Waals surface area contributed by atoms with Crippen LogP contribution in [-0.4, -0.2) is 28.9 Å². The van der Waals surface area contributed by atoms with Crippen LogP contribution in [0.15, 0.2) is 12.3 Å². The van der Waals surface area contributed by atoms with E-state index in [4.69, 9.17) is 0 Å². The predicted octanol–water partition coefficient (Wildman–Crippen LogP) is 2.10. The Hall–Kier alpha value is -1.40. The van der Waals surface area contributed by atoms with E-state index in [1.54, 1.807) is 6.92 Å². The van der Waals surface area contributed by atoms with Gasteiger partial charge in [0.05, 0.1) is 6.54 Å². The summed E-state index contributed by atoms with van der Waals surface area (Å²) >= 11 is 0. The van der Waals surface area contributed by atoms with Gasteiger partial charge in [-0.15, -0.1) is 0 Å². The van der Waals surface area contributed by atoms with Crippen LogP contribution in [0.25, 0.3) is 0 Å². The van der Waals surface area contributed by atoms with Gasteiger partial charge >= 0.3 is 12.3 Å². The molecule has 0 aliphatic carbocycles. The molecule has 1 rings (SSSR count). The molecule has 0 aliphatic heterocycles. The van der Waals surface area contributed by atoms with Crippen molar-refractivity contribution in [3.63, 3.8) is 0 Å². The molecule has 0 amide bonds. The number of aryl methyl sites for hydroxylation is 1. The second kappa shape index (κ2) is 4.41. The van der Waals surface area contributed by atoms with Crippen molar-refractivity contribution < 1.29 is 17.6 Å². The summed E-state index contributed by atoms with van der Waals surface area (Å²) in [6.45, 7) is 0.414. The Kier molecular flexibility index (Phi) is 3.43. The van der Waals surface area contributed by atoms with E-state index in [2.05, 4.69) is 15.3 Å². The van der Waals surface area contributed by atoms with Crippen molar-refractivity contribution in [1.82, 2.24) is 9.97 Å². The molecule has 3 nitrogen and oxygen atoms in total. The van der Waals surface area contributed by atoms with Crippen LogP contribution < -0.4 is 5.32 Å². The Labute approximate surface area is 83.5 Å². The maximum atomic E-state index is 12.5. The summed E-state index contributed by atoms with van der Waals surface area (Å²) in [7, 11) is 0. The van der Waals surface area contributed by atoms with Gasteiger partial charge in [0, 0.05) is 6.20 Å². The van der Waals surface area contributed by atoms with Gasteiger partial charge in [-0.2, -0.15) is 8.78 Å². The van der Waals surface area contributed by atoms with Crippen molar-refractivity contribution in [2.24, 2.45) is 0 Å². The first-order chi connectivity index (χ1) is 6.92. The van der Waals surface area contributed by atoms with Gasteiger partial charge in [0.2, 0.25) is 0 Å². The van der Waals surface area contributed by atoms with E-state index in [9.17, 15) is 17.6 Å². The maximum Gasteiger partial charge on any atom is 0.324 e. The second-order valence-electron chi connectivity index (χ2n) is 2.90. The zero-order valence-electron chi connectivity index (χ0n) is 7.85. The fraction of sp³-hybridized carbons (Fsp3) is 0.500. The molecule has 7 heteroatoms. The van der Waals surface area contributed by atoms with E-state index < -0.39 is 18.9 Å². The lowest BCUT2D eigenvalue weighted by molar-refractivity contribution is -0.117. The third-order valence-electron chi connectivity index (χ3n) is 1.60. The lowest BCUT2D eigenvalue weighted by atomic mass is 10.3. The Morgan fingerprint density at radius 2 is 2.13 bits per heavy atom. The van der Waals surface area contributed by atoms with Gasteiger partial charge in [0.25, 0.3) is 0 Å². The summed E-state index contributed by atoms with van der Waals surface area (Å²) in [5.41, 5.74) is 0. The van der Waals surface area contributed by atoms with E-state index in [0.29, 0.717) is 5.82 Å². The van der Waals surface area contributed by atoms with Crippen LogP contribution in [0.1, 0.15) is 5.82 Å². The summed E-state index contributed by atoms with van der Waals surface area (Å²) in [6.07, 6.45) is -2.33. The maximum absolute atomic E-state index is 12.5. The molecular formula is C8H9F4N3. The Bertz CT molecular complexity index is 329. The predicted molar refractivity (Wildman–Crippen MR) is 46.2 cm³/mol. The molecule has 0 fully saturated rings. The molecule has 0 aromatic carbocycles. The zero-order chi connectivity index (χ0) is 11.5. The Morgan fingerprint density at radius 3 is 2.67 bits per heavy atom. The van der Waals surface area contributed by atoms with Gasteiger partial charge in [-0.25, -0.2) is 18.7 Å². The normalized spacial score (nSPS) is 11.9. The molecule has 0 atom stereocenters. The number of rotatable bonds is 4. The van der Waals surface area contributed by atoms with Crippen LogP contribution in [0.4, 0.5) is 23.4 Å². The van der Waals surface area contributed by atoms with Crippen LogP contribution in [0, 0.1) is 6.92 Å². The molecule has 84 valence electrons. The van der Waals surface area contributed by atoms with Crippen LogP contribution in [-0.2, 0) is 0 Å². The molecule has 0 unspecified atom stereocenters. The standard InChI is InChI=1S/C8H9F4N3/c1-5-13-3-2-6(15-5)14-4-8(11,12)7(9)10/h2-3,7H,4H2,1H3,(H,13,14,15). The summed E-state index contributed by atoms with van der Waals surface area (Å²) in [5, 5.41) is 2.13. The van der Waals surface area contributed by atoms with Crippen molar-refractivity contribution in [3.05, 3.63) is 18.1 Å². The summed E-state index contributed by atoms with van der Waals surface area (Å²) in [4.78, 5) is 7.47. The third kappa shape index (κ3) is 3.34. The average Bonchev–Trinajstić information content (AvgIpc) is 2.15. The molecule has 1 aromatic heterocycles. The molecule has 0 aliphatic rings. The topological polar surface area (TPSA) is 37.8 Å². The first-order valence-electron chi connectivity index (χ1n) is 4.11. The number of alkyl halides is 4. The minimum absolute atomic E-state index is 0.0998. The third-order valence-corrected chi connectivity index (χ3v) is 1.60. The molecule has 0 saturated heterocycles. The van der Waals surface area contributed by atoms with Crippen LogP contribution in [0.2, 0.25) is 0 Å². The summed E-state index contributed by atoms with van der Waals surface area (Å²) < 4.78 is 48.5. The Balaban J connectivity index is 2.57. The van der Waals surface area contributed by atoms with Crippen LogP contribution >= 0.6 is 0 Å². The van der Waals surface area contributed by atoms with Gasteiger partial charge in [-0.05, 0) is 13.0 Å². The minimum Gasteiger partial charge on any atom is -0.364 e. The minimum atomic E-state index is -4.06. The van der Waals surface area contributed by atoms with E-state index in [-0.39, 0.29) is 5.82 Å². The Morgan fingerprint density at radius 1 is 1.47 bits per heavy atom. The molecule has 1 aromatic rings. The lowest BCUT2D eigenvalue weighted by Crippen LogP contribution is -2.35. The SMILES string of the molecule is Cc1nccc(NCC(F)(F)C(F)F)n1. The molecule has 0 spiro atoms. The molecular weight excluding hydrogens is 214 g/mol. The van der Waals surface area contributed by atoms with Crippen LogP contribution in [0.3, 0.4) is 0 Å². The van der Waals surface area contributed by atoms with Gasteiger partial charge in [-0.3, -0.25) is 0 Å². The van der Waals surface area contributed by atoms with E-state index in [1.807, 2.05) is 0 Å². The monoisotopic (exact) mass is 223 g/mol. The smallest absolute Gasteiger partial charge is 0.324 e. The molecule has 0 bridgehead atoms. The number of nitrogens with one attached hydrogen (secondary N) is 1. The highest BCUT2D eigenvalue weighted by Gasteiger charge is 2.40. The van der Waals surface area contributed by atoms with Gasteiger partial charge in [-0.1, -0.05) is 0 Å². The highest BCUT2D eigenvalue weighted by atomic mass is 19.3. The summed E-state index contributed by atoms with van der Waals surface area (Å²) in [5.74, 6) is -3.58. The highest BCUT2D eigenvalue weighted by Crippen LogP contribution is 2.22. The molecule has 1 heterocycles. The second-order valence-corrected chi connectivity index (χ2v) is 2.90. The van der Waals surface area contributed by atoms with Crippen LogP contribution in [0.5, 0.6) is 0 Å². The zero-order valence-corrected chi connectivity index (χ0v) is 7.85. The fourth-order valence-corrected chi connectivity index (χ4v) is 0.840. The van der Waals surface area contributed by atoms with Gasteiger partial charge < -0.3 is 5.32 Å². The molecule has 0 radical (unpaired) electrons. The van der Waals surface area contributed by atoms with Crippen molar-refractivity contribution in [1.29, 1.82) is 0 Å². The number of halogens is 4. The quantitative estimate of drug-likeness (QED) is 0.794. The van der Waals surface area contributed by atoms with Gasteiger partial charge in [0.1, 0.15) is 11.6 Å². The largest absolute Gasteiger partial charge is 0.364 e. The van der Waals surface area contributed by atoms with Crippen molar-refractivity contribution in [2.45, 2.75) is 19.3 Å². The number of aromatic nitrogens is 2. The van der Waals surface area contributed by atoms with E-state index in [0.717, 1.165) is 0 Å². The fourth-order valence-electron chi connectivity index (χ4n) is 0.840. The number of hydrogen-bond donors (Lipinski definition) is 1. The summed E-state index contributed by atoms with van der Waals surface area (Å²) in [6, 6.07) is 1.33.